The van der Waals surface area contributed by atoms with E-state index in [1.165, 1.54) is 11.0 Å². The van der Waals surface area contributed by atoms with Gasteiger partial charge in [0, 0.05) is 31.3 Å². The van der Waals surface area contributed by atoms with E-state index in [1.807, 2.05) is 4.90 Å². The summed E-state index contributed by atoms with van der Waals surface area (Å²) in [5, 5.41) is 14.9. The zero-order chi connectivity index (χ0) is 24.1. The number of benzene rings is 2. The van der Waals surface area contributed by atoms with Crippen LogP contribution in [0.15, 0.2) is 36.4 Å². The van der Waals surface area contributed by atoms with E-state index in [2.05, 4.69) is 12.2 Å². The second-order valence-electron chi connectivity index (χ2n) is 8.09. The van der Waals surface area contributed by atoms with Crippen LogP contribution in [-0.2, 0) is 4.79 Å². The fraction of sp³-hybridized carbons (Fsp3) is 0.391. The van der Waals surface area contributed by atoms with Crippen molar-refractivity contribution in [2.24, 2.45) is 5.92 Å². The number of amides is 2. The minimum absolute atomic E-state index is 0.112. The molecule has 1 aliphatic heterocycles. The van der Waals surface area contributed by atoms with Crippen LogP contribution in [0.2, 0.25) is 10.0 Å². The van der Waals surface area contributed by atoms with E-state index in [-0.39, 0.29) is 40.1 Å². The third-order valence-corrected chi connectivity index (χ3v) is 6.40. The quantitative estimate of drug-likeness (QED) is 0.421. The van der Waals surface area contributed by atoms with Crippen molar-refractivity contribution in [3.05, 3.63) is 62.1 Å². The third-order valence-electron chi connectivity index (χ3n) is 5.77. The highest BCUT2D eigenvalue weighted by atomic mass is 35.5. The average Bonchev–Trinajstić information content (AvgIpc) is 2.79. The van der Waals surface area contributed by atoms with Crippen molar-refractivity contribution in [3.8, 4) is 0 Å². The summed E-state index contributed by atoms with van der Waals surface area (Å²) in [6.45, 7) is 5.36. The van der Waals surface area contributed by atoms with Crippen molar-refractivity contribution in [1.82, 2.24) is 4.90 Å². The summed E-state index contributed by atoms with van der Waals surface area (Å²) in [5.74, 6) is -0.361. The number of para-hydroxylation sites is 1. The van der Waals surface area contributed by atoms with Gasteiger partial charge in [-0.2, -0.15) is 0 Å². The predicted octanol–water partition coefficient (Wildman–Crippen LogP) is 5.24. The minimum Gasteiger partial charge on any atom is -0.366 e. The van der Waals surface area contributed by atoms with E-state index >= 15 is 0 Å². The molecule has 0 radical (unpaired) electrons. The lowest BCUT2D eigenvalue weighted by Gasteiger charge is -2.31. The van der Waals surface area contributed by atoms with Gasteiger partial charge in [-0.05, 0) is 49.9 Å². The average molecular weight is 493 g/mol. The third kappa shape index (κ3) is 5.94. The maximum Gasteiger partial charge on any atom is 0.293 e. The fourth-order valence-electron chi connectivity index (χ4n) is 3.80. The summed E-state index contributed by atoms with van der Waals surface area (Å²) >= 11 is 12.2. The van der Waals surface area contributed by atoms with Crippen LogP contribution < -0.4 is 10.2 Å². The number of halogens is 2. The molecule has 0 spiro atoms. The maximum atomic E-state index is 13.1. The highest BCUT2D eigenvalue weighted by molar-refractivity contribution is 6.39. The van der Waals surface area contributed by atoms with Crippen LogP contribution in [0.4, 0.5) is 17.1 Å². The van der Waals surface area contributed by atoms with Gasteiger partial charge in [0.1, 0.15) is 12.2 Å². The number of carbonyl (C=O) groups excluding carboxylic acids is 2. The molecule has 1 aliphatic rings. The molecule has 0 saturated carbocycles. The lowest BCUT2D eigenvalue weighted by molar-refractivity contribution is -0.384. The summed E-state index contributed by atoms with van der Waals surface area (Å²) in [5.41, 5.74) is 0.822. The maximum absolute atomic E-state index is 13.1. The molecule has 0 unspecified atom stereocenters. The first-order valence-electron chi connectivity index (χ1n) is 10.8. The lowest BCUT2D eigenvalue weighted by Crippen LogP contribution is -2.38. The number of nitrogens with zero attached hydrogens (tertiary/aromatic N) is 3. The number of nitro groups is 1. The molecule has 0 aliphatic carbocycles. The number of nitro benzene ring substituents is 1. The molecule has 10 heteroatoms. The van der Waals surface area contributed by atoms with E-state index in [4.69, 9.17) is 23.2 Å². The Bertz CT molecular complexity index is 1030. The molecule has 0 aromatic heterocycles. The van der Waals surface area contributed by atoms with Crippen molar-refractivity contribution < 1.29 is 14.5 Å². The van der Waals surface area contributed by atoms with Gasteiger partial charge < -0.3 is 15.1 Å². The topological polar surface area (TPSA) is 95.8 Å². The van der Waals surface area contributed by atoms with E-state index in [0.29, 0.717) is 11.6 Å². The van der Waals surface area contributed by atoms with Gasteiger partial charge in [0.15, 0.2) is 0 Å². The normalized spacial score (nSPS) is 14.1. The number of rotatable bonds is 7. The first-order valence-corrected chi connectivity index (χ1v) is 11.5. The molecule has 2 aromatic carbocycles. The van der Waals surface area contributed by atoms with Gasteiger partial charge in [0.25, 0.3) is 11.6 Å². The Labute approximate surface area is 202 Å². The van der Waals surface area contributed by atoms with Gasteiger partial charge in [-0.1, -0.05) is 36.2 Å². The van der Waals surface area contributed by atoms with Crippen LogP contribution in [0.1, 0.15) is 37.0 Å². The van der Waals surface area contributed by atoms with Crippen LogP contribution in [-0.4, -0.2) is 47.8 Å². The van der Waals surface area contributed by atoms with E-state index in [0.717, 1.165) is 25.9 Å². The molecular formula is C23H26Cl2N4O4. The summed E-state index contributed by atoms with van der Waals surface area (Å²) in [6, 6.07) is 9.34. The highest BCUT2D eigenvalue weighted by Gasteiger charge is 2.26. The molecule has 1 N–H and O–H groups in total. The van der Waals surface area contributed by atoms with Gasteiger partial charge >= 0.3 is 0 Å². The molecule has 3 rings (SSSR count). The Balaban J connectivity index is 1.77. The lowest BCUT2D eigenvalue weighted by atomic mass is 9.98. The molecule has 1 fully saturated rings. The van der Waals surface area contributed by atoms with Crippen molar-refractivity contribution >= 4 is 52.1 Å². The van der Waals surface area contributed by atoms with E-state index in [1.54, 1.807) is 37.3 Å². The number of piperidine rings is 1. The van der Waals surface area contributed by atoms with Gasteiger partial charge in [-0.3, -0.25) is 19.7 Å². The van der Waals surface area contributed by atoms with Gasteiger partial charge in [0.2, 0.25) is 5.91 Å². The summed E-state index contributed by atoms with van der Waals surface area (Å²) in [4.78, 5) is 40.2. The van der Waals surface area contributed by atoms with Crippen molar-refractivity contribution in [2.45, 2.75) is 26.7 Å². The van der Waals surface area contributed by atoms with Crippen LogP contribution in [0.25, 0.3) is 0 Å². The summed E-state index contributed by atoms with van der Waals surface area (Å²) in [7, 11) is 0. The molecule has 1 saturated heterocycles. The monoisotopic (exact) mass is 492 g/mol. The SMILES string of the molecule is CCN(CC(=O)Nc1c(Cl)cccc1Cl)C(=O)c1ccc(N2CCC(C)CC2)c([N+](=O)[O-])c1. The predicted molar refractivity (Wildman–Crippen MR) is 130 cm³/mol. The first-order chi connectivity index (χ1) is 15.7. The van der Waals surface area contributed by atoms with Crippen LogP contribution in [0.5, 0.6) is 0 Å². The number of carbonyl (C=O) groups is 2. The van der Waals surface area contributed by atoms with Crippen molar-refractivity contribution in [3.63, 3.8) is 0 Å². The Morgan fingerprint density at radius 3 is 2.39 bits per heavy atom. The molecule has 8 nitrogen and oxygen atoms in total. The Morgan fingerprint density at radius 2 is 1.82 bits per heavy atom. The van der Waals surface area contributed by atoms with Crippen molar-refractivity contribution in [1.29, 1.82) is 0 Å². The second-order valence-corrected chi connectivity index (χ2v) is 8.91. The number of likely N-dealkylation sites (N-methyl/N-ethyl adjacent to an activating group) is 1. The minimum atomic E-state index is -0.478. The van der Waals surface area contributed by atoms with Gasteiger partial charge in [-0.25, -0.2) is 0 Å². The fourth-order valence-corrected chi connectivity index (χ4v) is 4.29. The molecule has 2 amide bonds. The number of anilines is 2. The van der Waals surface area contributed by atoms with Crippen LogP contribution >= 0.6 is 23.2 Å². The number of nitrogens with one attached hydrogen (secondary N) is 1. The van der Waals surface area contributed by atoms with Gasteiger partial charge in [0.05, 0.1) is 20.7 Å². The Kier molecular flexibility index (Phi) is 8.15. The Hall–Kier alpha value is -2.84. The molecule has 176 valence electrons. The molecular weight excluding hydrogens is 467 g/mol. The Morgan fingerprint density at radius 1 is 1.18 bits per heavy atom. The highest BCUT2D eigenvalue weighted by Crippen LogP contribution is 2.33. The molecule has 33 heavy (non-hydrogen) atoms. The second kappa shape index (κ2) is 10.9. The van der Waals surface area contributed by atoms with Crippen molar-refractivity contribution in [2.75, 3.05) is 36.4 Å². The summed E-state index contributed by atoms with van der Waals surface area (Å²) < 4.78 is 0. The molecule has 0 atom stereocenters. The standard InChI is InChI=1S/C23H26Cl2N4O4/c1-3-27(14-21(30)26-22-17(24)5-4-6-18(22)25)23(31)16-7-8-19(20(13-16)29(32)33)28-11-9-15(2)10-12-28/h4-8,13,15H,3,9-12,14H2,1-2H3,(H,26,30). The molecule has 2 aromatic rings. The largest absolute Gasteiger partial charge is 0.366 e. The zero-order valence-electron chi connectivity index (χ0n) is 18.5. The van der Waals surface area contributed by atoms with Gasteiger partial charge in [-0.15, -0.1) is 0 Å². The van der Waals surface area contributed by atoms with Crippen LogP contribution in [0.3, 0.4) is 0 Å². The number of hydrogen-bond donors (Lipinski definition) is 1. The smallest absolute Gasteiger partial charge is 0.293 e. The van der Waals surface area contributed by atoms with E-state index in [9.17, 15) is 19.7 Å². The molecule has 1 heterocycles. The zero-order valence-corrected chi connectivity index (χ0v) is 20.0. The first kappa shape index (κ1) is 24.8. The number of hydrogen-bond acceptors (Lipinski definition) is 5. The van der Waals surface area contributed by atoms with Crippen LogP contribution in [0, 0.1) is 16.0 Å². The molecule has 0 bridgehead atoms. The summed E-state index contributed by atoms with van der Waals surface area (Å²) in [6.07, 6.45) is 1.93. The van der Waals surface area contributed by atoms with E-state index < -0.39 is 16.7 Å².